The second-order valence-corrected chi connectivity index (χ2v) is 9.76. The zero-order valence-corrected chi connectivity index (χ0v) is 21.0. The number of fused-ring (bicyclic) bond motifs is 7. The molecular formula is C34H23N3O2. The molecule has 7 aromatic rings. The Morgan fingerprint density at radius 3 is 2.31 bits per heavy atom. The molecule has 0 saturated heterocycles. The highest BCUT2D eigenvalue weighted by molar-refractivity contribution is 6.18. The van der Waals surface area contributed by atoms with E-state index in [-0.39, 0.29) is 0 Å². The number of hydrogen-bond donors (Lipinski definition) is 0. The van der Waals surface area contributed by atoms with Crippen LogP contribution in [0, 0.1) is 0 Å². The molecule has 5 aromatic carbocycles. The van der Waals surface area contributed by atoms with Crippen LogP contribution in [0.15, 0.2) is 132 Å². The first-order valence-corrected chi connectivity index (χ1v) is 13.0. The summed E-state index contributed by atoms with van der Waals surface area (Å²) >= 11 is 0. The number of para-hydroxylation sites is 2. The first kappa shape index (κ1) is 21.8. The van der Waals surface area contributed by atoms with Gasteiger partial charge in [-0.3, -0.25) is 4.98 Å². The average Bonchev–Trinajstić information content (AvgIpc) is 3.63. The van der Waals surface area contributed by atoms with Gasteiger partial charge in [0.2, 0.25) is 0 Å². The number of aromatic nitrogens is 1. The fourth-order valence-electron chi connectivity index (χ4n) is 5.43. The number of ether oxygens (including phenoxy) is 1. The molecule has 0 atom stereocenters. The lowest BCUT2D eigenvalue weighted by atomic mass is 10.0. The summed E-state index contributed by atoms with van der Waals surface area (Å²) in [5.74, 6) is 1.55. The van der Waals surface area contributed by atoms with Gasteiger partial charge in [0.25, 0.3) is 0 Å². The molecule has 0 radical (unpaired) electrons. The topological polar surface area (TPSA) is 41.7 Å². The standard InChI is InChI=1S/C34H23N3O2/c1-2-7-24(8-3-1)36-17-18-37(22-36)25-9-6-10-26(19-25)38-27-15-13-23-14-16-29-33(30(23)20-27)35-21-31-28-11-4-5-12-32(28)39-34(29)31/h1-21H,22H2. The fraction of sp³-hybridized carbons (Fsp3) is 0.0294. The number of furan rings is 1. The van der Waals surface area contributed by atoms with Crippen molar-refractivity contribution in [3.8, 4) is 11.5 Å². The molecule has 0 unspecified atom stereocenters. The third-order valence-electron chi connectivity index (χ3n) is 7.37. The number of benzene rings is 5. The van der Waals surface area contributed by atoms with Gasteiger partial charge < -0.3 is 19.0 Å². The van der Waals surface area contributed by atoms with E-state index in [1.165, 1.54) is 5.69 Å². The Balaban J connectivity index is 1.12. The van der Waals surface area contributed by atoms with Crippen molar-refractivity contribution in [1.82, 2.24) is 4.98 Å². The van der Waals surface area contributed by atoms with Crippen LogP contribution in [0.2, 0.25) is 0 Å². The molecule has 8 rings (SSSR count). The SMILES string of the molecule is C1=CN(c2cccc(Oc3ccc4ccc5c(ncc6c7ccccc7oc65)c4c3)c2)CN1c1ccccc1. The molecule has 1 aliphatic rings. The molecule has 0 amide bonds. The first-order valence-electron chi connectivity index (χ1n) is 13.0. The van der Waals surface area contributed by atoms with Gasteiger partial charge in [-0.05, 0) is 53.9 Å². The van der Waals surface area contributed by atoms with Crippen molar-refractivity contribution < 1.29 is 9.15 Å². The van der Waals surface area contributed by atoms with Gasteiger partial charge in [-0.25, -0.2) is 0 Å². The normalized spacial score (nSPS) is 13.3. The van der Waals surface area contributed by atoms with Gasteiger partial charge in [0.1, 0.15) is 22.7 Å². The number of anilines is 2. The molecule has 5 nitrogen and oxygen atoms in total. The van der Waals surface area contributed by atoms with Crippen LogP contribution in [0.5, 0.6) is 11.5 Å². The minimum atomic E-state index is 0.747. The molecule has 0 bridgehead atoms. The number of pyridine rings is 1. The molecule has 0 spiro atoms. The molecule has 3 heterocycles. The summed E-state index contributed by atoms with van der Waals surface area (Å²) in [6.07, 6.45) is 6.12. The van der Waals surface area contributed by atoms with Gasteiger partial charge >= 0.3 is 0 Å². The number of hydrogen-bond acceptors (Lipinski definition) is 5. The van der Waals surface area contributed by atoms with E-state index in [1.807, 2.05) is 48.7 Å². The molecule has 2 aromatic heterocycles. The van der Waals surface area contributed by atoms with Crippen LogP contribution in [-0.4, -0.2) is 11.7 Å². The van der Waals surface area contributed by atoms with Gasteiger partial charge in [0.15, 0.2) is 0 Å². The Morgan fingerprint density at radius 2 is 1.38 bits per heavy atom. The van der Waals surface area contributed by atoms with E-state index in [2.05, 4.69) is 88.9 Å². The highest BCUT2D eigenvalue weighted by atomic mass is 16.5. The predicted molar refractivity (Wildman–Crippen MR) is 158 cm³/mol. The third-order valence-corrected chi connectivity index (χ3v) is 7.37. The zero-order valence-electron chi connectivity index (χ0n) is 21.0. The quantitative estimate of drug-likeness (QED) is 0.224. The average molecular weight is 506 g/mol. The number of nitrogens with zero attached hydrogens (tertiary/aromatic N) is 3. The van der Waals surface area contributed by atoms with E-state index in [0.29, 0.717) is 0 Å². The molecule has 1 aliphatic heterocycles. The molecule has 0 N–H and O–H groups in total. The van der Waals surface area contributed by atoms with Crippen LogP contribution in [-0.2, 0) is 0 Å². The molecule has 39 heavy (non-hydrogen) atoms. The van der Waals surface area contributed by atoms with Crippen molar-refractivity contribution in [1.29, 1.82) is 0 Å². The van der Waals surface area contributed by atoms with Crippen molar-refractivity contribution in [3.63, 3.8) is 0 Å². The largest absolute Gasteiger partial charge is 0.457 e. The lowest BCUT2D eigenvalue weighted by Gasteiger charge is -2.22. The van der Waals surface area contributed by atoms with Gasteiger partial charge in [-0.1, -0.05) is 54.6 Å². The molecule has 5 heteroatoms. The molecular weight excluding hydrogens is 482 g/mol. The third kappa shape index (κ3) is 3.67. The predicted octanol–water partition coefficient (Wildman–Crippen LogP) is 8.83. The van der Waals surface area contributed by atoms with E-state index >= 15 is 0 Å². The zero-order chi connectivity index (χ0) is 25.8. The molecule has 0 aliphatic carbocycles. The van der Waals surface area contributed by atoms with Gasteiger partial charge in [0.05, 0.1) is 12.2 Å². The van der Waals surface area contributed by atoms with E-state index in [4.69, 9.17) is 14.1 Å². The summed E-state index contributed by atoms with van der Waals surface area (Å²) < 4.78 is 12.6. The van der Waals surface area contributed by atoms with Crippen LogP contribution < -0.4 is 14.5 Å². The lowest BCUT2D eigenvalue weighted by Crippen LogP contribution is -2.24. The fourth-order valence-corrected chi connectivity index (χ4v) is 5.43. The van der Waals surface area contributed by atoms with Gasteiger partial charge in [-0.15, -0.1) is 0 Å². The highest BCUT2D eigenvalue weighted by Crippen LogP contribution is 2.37. The lowest BCUT2D eigenvalue weighted by molar-refractivity contribution is 0.483. The maximum absolute atomic E-state index is 6.37. The smallest absolute Gasteiger partial charge is 0.146 e. The molecule has 0 saturated carbocycles. The Bertz CT molecular complexity index is 2050. The van der Waals surface area contributed by atoms with Crippen LogP contribution in [0.3, 0.4) is 0 Å². The van der Waals surface area contributed by atoms with Gasteiger partial charge in [-0.2, -0.15) is 0 Å². The summed E-state index contributed by atoms with van der Waals surface area (Å²) in [6, 6.07) is 37.0. The van der Waals surface area contributed by atoms with E-state index < -0.39 is 0 Å². The van der Waals surface area contributed by atoms with Crippen molar-refractivity contribution in [2.45, 2.75) is 0 Å². The maximum Gasteiger partial charge on any atom is 0.146 e. The molecule has 0 fully saturated rings. The van der Waals surface area contributed by atoms with E-state index in [0.717, 1.165) is 67.5 Å². The van der Waals surface area contributed by atoms with Crippen LogP contribution >= 0.6 is 0 Å². The van der Waals surface area contributed by atoms with E-state index in [1.54, 1.807) is 0 Å². The minimum Gasteiger partial charge on any atom is -0.457 e. The summed E-state index contributed by atoms with van der Waals surface area (Å²) in [6.45, 7) is 0.747. The monoisotopic (exact) mass is 505 g/mol. The second-order valence-electron chi connectivity index (χ2n) is 9.76. The molecule has 186 valence electrons. The number of rotatable bonds is 4. The van der Waals surface area contributed by atoms with Crippen molar-refractivity contribution in [2.75, 3.05) is 16.5 Å². The first-order chi connectivity index (χ1) is 19.3. The summed E-state index contributed by atoms with van der Waals surface area (Å²) in [4.78, 5) is 9.29. The van der Waals surface area contributed by atoms with Crippen LogP contribution in [0.25, 0.3) is 43.6 Å². The summed E-state index contributed by atoms with van der Waals surface area (Å²) in [5.41, 5.74) is 4.88. The van der Waals surface area contributed by atoms with Crippen LogP contribution in [0.1, 0.15) is 0 Å². The van der Waals surface area contributed by atoms with Crippen molar-refractivity contribution in [3.05, 3.63) is 128 Å². The Labute approximate surface area is 224 Å². The Kier molecular flexibility index (Phi) is 4.82. The Morgan fingerprint density at radius 1 is 0.615 bits per heavy atom. The second kappa shape index (κ2) is 8.64. The van der Waals surface area contributed by atoms with Crippen molar-refractivity contribution >= 4 is 55.0 Å². The summed E-state index contributed by atoms with van der Waals surface area (Å²) in [7, 11) is 0. The Hall–Kier alpha value is -5.29. The minimum absolute atomic E-state index is 0.747. The van der Waals surface area contributed by atoms with E-state index in [9.17, 15) is 0 Å². The maximum atomic E-state index is 6.37. The van der Waals surface area contributed by atoms with Crippen LogP contribution in [0.4, 0.5) is 11.4 Å². The highest BCUT2D eigenvalue weighted by Gasteiger charge is 2.16. The van der Waals surface area contributed by atoms with Crippen molar-refractivity contribution in [2.24, 2.45) is 0 Å². The van der Waals surface area contributed by atoms with Gasteiger partial charge in [0, 0.05) is 57.6 Å². The summed E-state index contributed by atoms with van der Waals surface area (Å²) in [5, 5.41) is 5.25.